The minimum Gasteiger partial charge on any atom is -0.462 e. The number of rotatable bonds is 7. The van der Waals surface area contributed by atoms with Gasteiger partial charge in [-0.15, -0.1) is 10.2 Å². The van der Waals surface area contributed by atoms with Gasteiger partial charge in [0.25, 0.3) is 20.3 Å². The van der Waals surface area contributed by atoms with Crippen LogP contribution in [0.3, 0.4) is 0 Å². The summed E-state index contributed by atoms with van der Waals surface area (Å²) in [7, 11) is -4.03. The van der Waals surface area contributed by atoms with Gasteiger partial charge in [-0.2, -0.15) is 8.42 Å². The van der Waals surface area contributed by atoms with Crippen LogP contribution in [0.4, 0.5) is 10.8 Å². The van der Waals surface area contributed by atoms with Gasteiger partial charge in [0.05, 0.1) is 17.9 Å². The topological polar surface area (TPSA) is 127 Å². The number of sulfonamides is 1. The van der Waals surface area contributed by atoms with Crippen molar-refractivity contribution in [3.63, 3.8) is 0 Å². The number of nitrogens with one attached hydrogen (secondary N) is 2. The van der Waals surface area contributed by atoms with Crippen molar-refractivity contribution >= 4 is 44.1 Å². The predicted octanol–water partition coefficient (Wildman–Crippen LogP) is 3.08. The van der Waals surface area contributed by atoms with E-state index in [0.717, 1.165) is 11.3 Å². The van der Waals surface area contributed by atoms with Crippen LogP contribution >= 0.6 is 11.3 Å². The fourth-order valence-corrected chi connectivity index (χ4v) is 4.46. The SMILES string of the molecule is CCOC(=O)c1ccc(NS(=O)(=O)c2nnc(NC(=O)c3ccccc3)s2)c(C)c1. The van der Waals surface area contributed by atoms with E-state index in [4.69, 9.17) is 4.74 Å². The van der Waals surface area contributed by atoms with E-state index in [9.17, 15) is 18.0 Å². The van der Waals surface area contributed by atoms with Crippen LogP contribution in [0.1, 0.15) is 33.2 Å². The minimum absolute atomic E-state index is 0.0543. The third-order valence-corrected chi connectivity index (χ3v) is 6.45. The third kappa shape index (κ3) is 4.99. The van der Waals surface area contributed by atoms with Gasteiger partial charge in [0.1, 0.15) is 0 Å². The Morgan fingerprint density at radius 3 is 2.47 bits per heavy atom. The summed E-state index contributed by atoms with van der Waals surface area (Å²) in [6, 6.07) is 12.9. The van der Waals surface area contributed by atoms with Crippen molar-refractivity contribution in [3.8, 4) is 0 Å². The Hall–Kier alpha value is -3.31. The second-order valence-electron chi connectivity index (χ2n) is 6.05. The molecule has 1 amide bonds. The van der Waals surface area contributed by atoms with E-state index in [2.05, 4.69) is 20.2 Å². The van der Waals surface area contributed by atoms with Crippen LogP contribution in [0.5, 0.6) is 0 Å². The van der Waals surface area contributed by atoms with Gasteiger partial charge < -0.3 is 4.74 Å². The first-order valence-corrected chi connectivity index (χ1v) is 11.1. The number of hydrogen-bond donors (Lipinski definition) is 2. The highest BCUT2D eigenvalue weighted by Crippen LogP contribution is 2.25. The fourth-order valence-electron chi connectivity index (χ4n) is 2.44. The minimum atomic E-state index is -4.03. The number of amides is 1. The summed E-state index contributed by atoms with van der Waals surface area (Å²) in [5.41, 5.74) is 1.55. The molecule has 0 aliphatic heterocycles. The number of esters is 1. The molecule has 3 rings (SSSR count). The highest BCUT2D eigenvalue weighted by Gasteiger charge is 2.22. The second-order valence-corrected chi connectivity index (χ2v) is 8.88. The number of carbonyl (C=O) groups is 2. The van der Waals surface area contributed by atoms with E-state index >= 15 is 0 Å². The van der Waals surface area contributed by atoms with Crippen LogP contribution < -0.4 is 10.0 Å². The molecule has 30 heavy (non-hydrogen) atoms. The molecule has 1 heterocycles. The molecule has 11 heteroatoms. The molecule has 2 aromatic carbocycles. The van der Waals surface area contributed by atoms with Crippen molar-refractivity contribution in [1.82, 2.24) is 10.2 Å². The molecular weight excluding hydrogens is 428 g/mol. The molecule has 3 aromatic rings. The van der Waals surface area contributed by atoms with Gasteiger partial charge in [-0.1, -0.05) is 29.5 Å². The Kier molecular flexibility index (Phi) is 6.43. The zero-order valence-electron chi connectivity index (χ0n) is 16.1. The van der Waals surface area contributed by atoms with Crippen molar-refractivity contribution < 1.29 is 22.7 Å². The lowest BCUT2D eigenvalue weighted by Gasteiger charge is -2.10. The molecule has 0 atom stereocenters. The summed E-state index contributed by atoms with van der Waals surface area (Å²) < 4.78 is 32.3. The highest BCUT2D eigenvalue weighted by molar-refractivity contribution is 7.94. The summed E-state index contributed by atoms with van der Waals surface area (Å²) >= 11 is 0.724. The Morgan fingerprint density at radius 2 is 1.80 bits per heavy atom. The van der Waals surface area contributed by atoms with E-state index in [1.807, 2.05) is 0 Å². The quantitative estimate of drug-likeness (QED) is 0.422. The number of aryl methyl sites for hydroxylation is 1. The molecule has 1 aromatic heterocycles. The van der Waals surface area contributed by atoms with Crippen LogP contribution in [0.2, 0.25) is 0 Å². The Bertz CT molecular complexity index is 1180. The summed E-state index contributed by atoms with van der Waals surface area (Å²) in [5.74, 6) is -0.910. The van der Waals surface area contributed by atoms with E-state index in [1.54, 1.807) is 44.2 Å². The maximum absolute atomic E-state index is 12.6. The molecule has 0 saturated carbocycles. The van der Waals surface area contributed by atoms with Crippen molar-refractivity contribution in [3.05, 3.63) is 65.2 Å². The van der Waals surface area contributed by atoms with Crippen LogP contribution in [0.25, 0.3) is 0 Å². The van der Waals surface area contributed by atoms with Crippen LogP contribution in [-0.4, -0.2) is 37.1 Å². The number of nitrogens with zero attached hydrogens (tertiary/aromatic N) is 2. The average Bonchev–Trinajstić information content (AvgIpc) is 3.20. The van der Waals surface area contributed by atoms with E-state index < -0.39 is 21.9 Å². The van der Waals surface area contributed by atoms with Gasteiger partial charge in [0, 0.05) is 5.56 Å². The molecule has 0 aliphatic carbocycles. The molecule has 2 N–H and O–H groups in total. The van der Waals surface area contributed by atoms with E-state index in [1.165, 1.54) is 18.2 Å². The molecular formula is C19H18N4O5S2. The number of anilines is 2. The van der Waals surface area contributed by atoms with Crippen molar-refractivity contribution in [2.45, 2.75) is 18.2 Å². The molecule has 0 aliphatic rings. The smallest absolute Gasteiger partial charge is 0.338 e. The maximum atomic E-state index is 12.6. The lowest BCUT2D eigenvalue weighted by Crippen LogP contribution is -2.14. The first-order valence-electron chi connectivity index (χ1n) is 8.80. The number of benzene rings is 2. The van der Waals surface area contributed by atoms with E-state index in [0.29, 0.717) is 16.7 Å². The Labute approximate surface area is 177 Å². The van der Waals surface area contributed by atoms with E-state index in [-0.39, 0.29) is 21.8 Å². The summed E-state index contributed by atoms with van der Waals surface area (Å²) in [5, 5.41) is 9.96. The highest BCUT2D eigenvalue weighted by atomic mass is 32.2. The van der Waals surface area contributed by atoms with Crippen LogP contribution in [-0.2, 0) is 14.8 Å². The second kappa shape index (κ2) is 9.01. The number of carbonyl (C=O) groups excluding carboxylic acids is 2. The van der Waals surface area contributed by atoms with Crippen molar-refractivity contribution in [2.24, 2.45) is 0 Å². The Morgan fingerprint density at radius 1 is 1.07 bits per heavy atom. The maximum Gasteiger partial charge on any atom is 0.338 e. The monoisotopic (exact) mass is 446 g/mol. The first kappa shape index (κ1) is 21.4. The molecule has 0 unspecified atom stereocenters. The zero-order chi connectivity index (χ0) is 21.7. The van der Waals surface area contributed by atoms with Gasteiger partial charge >= 0.3 is 5.97 Å². The summed E-state index contributed by atoms with van der Waals surface area (Å²) in [6.45, 7) is 3.60. The number of hydrogen-bond acceptors (Lipinski definition) is 8. The van der Waals surface area contributed by atoms with Gasteiger partial charge in [-0.25, -0.2) is 4.79 Å². The van der Waals surface area contributed by atoms with Gasteiger partial charge in [-0.05, 0) is 49.7 Å². The number of aromatic nitrogens is 2. The molecule has 156 valence electrons. The van der Waals surface area contributed by atoms with Gasteiger partial charge in [0.15, 0.2) is 0 Å². The standard InChI is InChI=1S/C19H18N4O5S2/c1-3-28-17(25)14-9-10-15(12(2)11-14)23-30(26,27)19-22-21-18(29-19)20-16(24)13-7-5-4-6-8-13/h4-11,23H,3H2,1-2H3,(H,20,21,24). The zero-order valence-corrected chi connectivity index (χ0v) is 17.7. The average molecular weight is 447 g/mol. The number of ether oxygens (including phenoxy) is 1. The summed E-state index contributed by atoms with van der Waals surface area (Å²) in [6.07, 6.45) is 0. The largest absolute Gasteiger partial charge is 0.462 e. The van der Waals surface area contributed by atoms with Gasteiger partial charge in [0.2, 0.25) is 5.13 Å². The third-order valence-electron chi connectivity index (χ3n) is 3.87. The fraction of sp³-hybridized carbons (Fsp3) is 0.158. The Balaban J connectivity index is 1.74. The normalized spacial score (nSPS) is 11.0. The van der Waals surface area contributed by atoms with Crippen molar-refractivity contribution in [2.75, 3.05) is 16.6 Å². The molecule has 0 spiro atoms. The van der Waals surface area contributed by atoms with Crippen LogP contribution in [0.15, 0.2) is 52.9 Å². The van der Waals surface area contributed by atoms with Crippen molar-refractivity contribution in [1.29, 1.82) is 0 Å². The molecule has 0 saturated heterocycles. The summed E-state index contributed by atoms with van der Waals surface area (Å²) in [4.78, 5) is 24.0. The molecule has 0 bridgehead atoms. The lowest BCUT2D eigenvalue weighted by atomic mass is 10.1. The first-order chi connectivity index (χ1) is 14.3. The van der Waals surface area contributed by atoms with Gasteiger partial charge in [-0.3, -0.25) is 14.8 Å². The molecule has 9 nitrogen and oxygen atoms in total. The lowest BCUT2D eigenvalue weighted by molar-refractivity contribution is 0.0526. The molecule has 0 radical (unpaired) electrons. The predicted molar refractivity (Wildman–Crippen MR) is 112 cm³/mol. The van der Waals surface area contributed by atoms with Crippen LogP contribution in [0, 0.1) is 6.92 Å². The molecule has 0 fully saturated rings.